The van der Waals surface area contributed by atoms with Crippen molar-refractivity contribution in [1.29, 1.82) is 0 Å². The minimum Gasteiger partial charge on any atom is -0.484 e. The Morgan fingerprint density at radius 1 is 1.06 bits per heavy atom. The molecule has 1 aliphatic heterocycles. The summed E-state index contributed by atoms with van der Waals surface area (Å²) < 4.78 is 46.4. The Morgan fingerprint density at radius 2 is 1.78 bits per heavy atom. The Balaban J connectivity index is 1.51. The van der Waals surface area contributed by atoms with Crippen LogP contribution >= 0.6 is 0 Å². The van der Waals surface area contributed by atoms with Gasteiger partial charge in [0, 0.05) is 12.2 Å². The van der Waals surface area contributed by atoms with Crippen LogP contribution in [0.5, 0.6) is 5.75 Å². The minimum atomic E-state index is -3.86. The molecule has 1 N–H and O–H groups in total. The first-order valence-corrected chi connectivity index (χ1v) is 11.7. The van der Waals surface area contributed by atoms with E-state index in [0.29, 0.717) is 30.1 Å². The number of amides is 1. The fourth-order valence-electron chi connectivity index (χ4n) is 3.58. The first-order chi connectivity index (χ1) is 15.3. The Labute approximate surface area is 186 Å². The maximum absolute atomic E-state index is 13.3. The number of carbonyl (C=O) groups excluding carboxylic acids is 1. The molecule has 32 heavy (non-hydrogen) atoms. The third-order valence-electron chi connectivity index (χ3n) is 5.24. The number of anilines is 2. The van der Waals surface area contributed by atoms with E-state index in [0.717, 1.165) is 29.7 Å². The van der Waals surface area contributed by atoms with E-state index >= 15 is 0 Å². The second-order valence-electron chi connectivity index (χ2n) is 7.63. The van der Waals surface area contributed by atoms with Crippen LogP contribution in [0.15, 0.2) is 71.6 Å². The number of aryl methyl sites for hydroxylation is 2. The molecule has 0 saturated carbocycles. The van der Waals surface area contributed by atoms with Crippen molar-refractivity contribution in [2.24, 2.45) is 0 Å². The Hall–Kier alpha value is -3.39. The van der Waals surface area contributed by atoms with Crippen LogP contribution in [-0.2, 0) is 21.2 Å². The second kappa shape index (κ2) is 9.00. The predicted octanol–water partition coefficient (Wildman–Crippen LogP) is 4.29. The van der Waals surface area contributed by atoms with E-state index in [-0.39, 0.29) is 17.4 Å². The summed E-state index contributed by atoms with van der Waals surface area (Å²) in [5.41, 5.74) is 2.95. The molecule has 0 aromatic heterocycles. The number of fused-ring (bicyclic) bond motifs is 1. The van der Waals surface area contributed by atoms with Crippen molar-refractivity contribution in [2.75, 3.05) is 22.8 Å². The smallest absolute Gasteiger partial charge is 0.264 e. The molecule has 6 nitrogen and oxygen atoms in total. The van der Waals surface area contributed by atoms with Gasteiger partial charge in [0.05, 0.1) is 10.6 Å². The maximum atomic E-state index is 13.3. The Kier molecular flexibility index (Phi) is 6.14. The molecule has 1 heterocycles. The molecule has 3 aromatic rings. The minimum absolute atomic E-state index is 0.0210. The van der Waals surface area contributed by atoms with Gasteiger partial charge in [-0.2, -0.15) is 0 Å². The van der Waals surface area contributed by atoms with Crippen molar-refractivity contribution in [1.82, 2.24) is 0 Å². The van der Waals surface area contributed by atoms with E-state index in [1.807, 2.05) is 25.1 Å². The SMILES string of the molecule is Cc1ccc(OCC(=O)Nc2ccc3c(c2)N(S(=O)(=O)c2ccc(F)cc2)CCC3)cc1. The van der Waals surface area contributed by atoms with Gasteiger partial charge < -0.3 is 10.1 Å². The van der Waals surface area contributed by atoms with Crippen LogP contribution in [0.25, 0.3) is 0 Å². The van der Waals surface area contributed by atoms with Gasteiger partial charge in [0.25, 0.3) is 15.9 Å². The number of hydrogen-bond donors (Lipinski definition) is 1. The van der Waals surface area contributed by atoms with Gasteiger partial charge >= 0.3 is 0 Å². The van der Waals surface area contributed by atoms with E-state index in [2.05, 4.69) is 5.32 Å². The zero-order chi connectivity index (χ0) is 22.7. The lowest BCUT2D eigenvalue weighted by Crippen LogP contribution is -2.35. The maximum Gasteiger partial charge on any atom is 0.264 e. The quantitative estimate of drug-likeness (QED) is 0.603. The lowest BCUT2D eigenvalue weighted by atomic mass is 10.0. The monoisotopic (exact) mass is 454 g/mol. The zero-order valence-electron chi connectivity index (χ0n) is 17.5. The van der Waals surface area contributed by atoms with Crippen molar-refractivity contribution >= 4 is 27.3 Å². The number of rotatable bonds is 6. The fraction of sp³-hybridized carbons (Fsp3) is 0.208. The summed E-state index contributed by atoms with van der Waals surface area (Å²) in [5.74, 6) is -0.261. The Morgan fingerprint density at radius 3 is 2.50 bits per heavy atom. The van der Waals surface area contributed by atoms with Gasteiger partial charge in [-0.3, -0.25) is 9.10 Å². The predicted molar refractivity (Wildman–Crippen MR) is 121 cm³/mol. The van der Waals surface area contributed by atoms with Gasteiger partial charge in [-0.1, -0.05) is 23.8 Å². The standard InChI is InChI=1S/C24H23FN2O4S/c1-17-4-10-21(11-5-17)31-16-24(28)26-20-9-6-18-3-2-14-27(23(18)15-20)32(29,30)22-12-7-19(25)8-13-22/h4-13,15H,2-3,14,16H2,1H3,(H,26,28). The van der Waals surface area contributed by atoms with Gasteiger partial charge in [-0.25, -0.2) is 12.8 Å². The second-order valence-corrected chi connectivity index (χ2v) is 9.49. The highest BCUT2D eigenvalue weighted by Crippen LogP contribution is 2.34. The molecule has 0 bridgehead atoms. The lowest BCUT2D eigenvalue weighted by molar-refractivity contribution is -0.118. The normalized spacial score (nSPS) is 13.4. The summed E-state index contributed by atoms with van der Waals surface area (Å²) >= 11 is 0. The highest BCUT2D eigenvalue weighted by molar-refractivity contribution is 7.92. The number of sulfonamides is 1. The molecule has 1 aliphatic rings. The number of halogens is 1. The average Bonchev–Trinajstić information content (AvgIpc) is 2.78. The van der Waals surface area contributed by atoms with Crippen molar-refractivity contribution in [3.05, 3.63) is 83.7 Å². The van der Waals surface area contributed by atoms with Gasteiger partial charge in [-0.05, 0) is 73.9 Å². The van der Waals surface area contributed by atoms with Crippen LogP contribution in [0.3, 0.4) is 0 Å². The number of hydrogen-bond acceptors (Lipinski definition) is 4. The van der Waals surface area contributed by atoms with E-state index in [9.17, 15) is 17.6 Å². The summed E-state index contributed by atoms with van der Waals surface area (Å²) in [4.78, 5) is 12.4. The van der Waals surface area contributed by atoms with Gasteiger partial charge in [0.1, 0.15) is 11.6 Å². The van der Waals surface area contributed by atoms with E-state index in [4.69, 9.17) is 4.74 Å². The zero-order valence-corrected chi connectivity index (χ0v) is 18.4. The molecule has 0 unspecified atom stereocenters. The van der Waals surface area contributed by atoms with Crippen LogP contribution < -0.4 is 14.4 Å². The lowest BCUT2D eigenvalue weighted by Gasteiger charge is -2.31. The first kappa shape index (κ1) is 21.8. The summed E-state index contributed by atoms with van der Waals surface area (Å²) in [5, 5.41) is 2.76. The largest absolute Gasteiger partial charge is 0.484 e. The molecule has 0 atom stereocenters. The van der Waals surface area contributed by atoms with Crippen LogP contribution in [0.1, 0.15) is 17.5 Å². The number of nitrogens with one attached hydrogen (secondary N) is 1. The summed E-state index contributed by atoms with van der Waals surface area (Å²) in [6.07, 6.45) is 1.40. The molecule has 8 heteroatoms. The summed E-state index contributed by atoms with van der Waals surface area (Å²) in [6.45, 7) is 2.10. The third-order valence-corrected chi connectivity index (χ3v) is 7.07. The molecule has 0 aliphatic carbocycles. The highest BCUT2D eigenvalue weighted by Gasteiger charge is 2.29. The van der Waals surface area contributed by atoms with Gasteiger partial charge in [0.2, 0.25) is 0 Å². The molecule has 0 spiro atoms. The van der Waals surface area contributed by atoms with E-state index in [1.54, 1.807) is 24.3 Å². The summed E-state index contributed by atoms with van der Waals surface area (Å²) in [6, 6.07) is 17.4. The number of nitrogens with zero attached hydrogens (tertiary/aromatic N) is 1. The molecule has 166 valence electrons. The number of carbonyl (C=O) groups is 1. The molecule has 3 aromatic carbocycles. The number of benzene rings is 3. The van der Waals surface area contributed by atoms with Crippen molar-refractivity contribution < 1.29 is 22.3 Å². The molecular formula is C24H23FN2O4S. The molecule has 0 saturated heterocycles. The molecular weight excluding hydrogens is 431 g/mol. The van der Waals surface area contributed by atoms with E-state index in [1.165, 1.54) is 16.4 Å². The van der Waals surface area contributed by atoms with Crippen LogP contribution in [0.2, 0.25) is 0 Å². The van der Waals surface area contributed by atoms with Gasteiger partial charge in [0.15, 0.2) is 6.61 Å². The van der Waals surface area contributed by atoms with Crippen LogP contribution in [-0.4, -0.2) is 27.5 Å². The van der Waals surface area contributed by atoms with Crippen LogP contribution in [0.4, 0.5) is 15.8 Å². The molecule has 0 fully saturated rings. The number of ether oxygens (including phenoxy) is 1. The van der Waals surface area contributed by atoms with E-state index < -0.39 is 15.8 Å². The summed E-state index contributed by atoms with van der Waals surface area (Å²) in [7, 11) is -3.86. The Bertz CT molecular complexity index is 1230. The first-order valence-electron chi connectivity index (χ1n) is 10.2. The van der Waals surface area contributed by atoms with Crippen LogP contribution in [0, 0.1) is 12.7 Å². The molecule has 0 radical (unpaired) electrons. The highest BCUT2D eigenvalue weighted by atomic mass is 32.2. The topological polar surface area (TPSA) is 75.7 Å². The third kappa shape index (κ3) is 4.75. The van der Waals surface area contributed by atoms with Crippen molar-refractivity contribution in [2.45, 2.75) is 24.7 Å². The van der Waals surface area contributed by atoms with Gasteiger partial charge in [-0.15, -0.1) is 0 Å². The van der Waals surface area contributed by atoms with Crippen molar-refractivity contribution in [3.63, 3.8) is 0 Å². The molecule has 4 rings (SSSR count). The average molecular weight is 455 g/mol. The molecule has 1 amide bonds. The fourth-order valence-corrected chi connectivity index (χ4v) is 5.12. The van der Waals surface area contributed by atoms with Crippen molar-refractivity contribution in [3.8, 4) is 5.75 Å².